The predicted octanol–water partition coefficient (Wildman–Crippen LogP) is 1.99. The zero-order valence-corrected chi connectivity index (χ0v) is 11.8. The summed E-state index contributed by atoms with van der Waals surface area (Å²) in [6.07, 6.45) is 3.70. The topological polar surface area (TPSA) is 66.8 Å². The van der Waals surface area contributed by atoms with Crippen molar-refractivity contribution in [2.24, 2.45) is 5.92 Å². The van der Waals surface area contributed by atoms with Crippen molar-refractivity contribution in [3.63, 3.8) is 0 Å². The Bertz CT molecular complexity index is 439. The van der Waals surface area contributed by atoms with Gasteiger partial charge in [-0.2, -0.15) is 0 Å². The molecule has 1 aromatic rings. The van der Waals surface area contributed by atoms with Gasteiger partial charge >= 0.3 is 5.97 Å². The summed E-state index contributed by atoms with van der Waals surface area (Å²) in [7, 11) is 1.23. The van der Waals surface area contributed by atoms with Crippen LogP contribution in [0, 0.1) is 5.92 Å². The Morgan fingerprint density at radius 2 is 1.85 bits per heavy atom. The molecule has 20 heavy (non-hydrogen) atoms. The molecule has 1 saturated carbocycles. The first-order valence-corrected chi connectivity index (χ1v) is 7.15. The number of hydrogen-bond acceptors (Lipinski definition) is 4. The first kappa shape index (κ1) is 15.0. The molecule has 0 aliphatic heterocycles. The molecule has 0 spiro atoms. The molecule has 0 aromatic heterocycles. The van der Waals surface area contributed by atoms with Crippen LogP contribution in [0.3, 0.4) is 0 Å². The van der Waals surface area contributed by atoms with Crippen LogP contribution in [0.2, 0.25) is 0 Å². The summed E-state index contributed by atoms with van der Waals surface area (Å²) in [4.78, 5) is 12.1. The zero-order valence-electron chi connectivity index (χ0n) is 11.8. The Morgan fingerprint density at radius 3 is 2.40 bits per heavy atom. The second kappa shape index (κ2) is 6.37. The molecule has 1 fully saturated rings. The van der Waals surface area contributed by atoms with Gasteiger partial charge in [0.15, 0.2) is 0 Å². The van der Waals surface area contributed by atoms with E-state index in [9.17, 15) is 15.0 Å². The molecule has 4 nitrogen and oxygen atoms in total. The average Bonchev–Trinajstić information content (AvgIpc) is 2.54. The molecule has 2 rings (SSSR count). The summed E-state index contributed by atoms with van der Waals surface area (Å²) in [6.45, 7) is 0. The van der Waals surface area contributed by atoms with Crippen LogP contribution in [0.15, 0.2) is 30.3 Å². The van der Waals surface area contributed by atoms with Crippen LogP contribution in [0.1, 0.15) is 37.7 Å². The number of rotatable bonds is 4. The normalized spacial score (nSPS) is 20.9. The number of esters is 1. The van der Waals surface area contributed by atoms with Gasteiger partial charge in [-0.25, -0.2) is 4.79 Å². The Kier molecular flexibility index (Phi) is 4.78. The van der Waals surface area contributed by atoms with E-state index in [1.807, 2.05) is 0 Å². The van der Waals surface area contributed by atoms with E-state index < -0.39 is 17.7 Å². The summed E-state index contributed by atoms with van der Waals surface area (Å²) >= 11 is 0. The minimum Gasteiger partial charge on any atom is -0.467 e. The Hall–Kier alpha value is -1.39. The van der Waals surface area contributed by atoms with Gasteiger partial charge in [0.1, 0.15) is 6.10 Å². The van der Waals surface area contributed by atoms with Gasteiger partial charge in [0.25, 0.3) is 0 Å². The van der Waals surface area contributed by atoms with E-state index in [1.165, 1.54) is 7.11 Å². The summed E-state index contributed by atoms with van der Waals surface area (Å²) in [5.41, 5.74) is -1.61. The fourth-order valence-electron chi connectivity index (χ4n) is 3.05. The highest BCUT2D eigenvalue weighted by molar-refractivity contribution is 5.81. The zero-order chi connectivity index (χ0) is 14.6. The standard InChI is InChI=1S/C16H22O4/c1-20-15(18)16(19,13-10-6-3-7-11-13)14(17)12-8-4-2-5-9-12/h3,6-7,10-12,14,17,19H,2,4-5,8-9H2,1H3/t14-,16-/m0/s1. The largest absolute Gasteiger partial charge is 0.467 e. The van der Waals surface area contributed by atoms with Crippen molar-refractivity contribution in [2.75, 3.05) is 7.11 Å². The monoisotopic (exact) mass is 278 g/mol. The van der Waals surface area contributed by atoms with Gasteiger partial charge < -0.3 is 14.9 Å². The first-order chi connectivity index (χ1) is 9.60. The Balaban J connectivity index is 2.33. The highest BCUT2D eigenvalue weighted by Gasteiger charge is 2.49. The van der Waals surface area contributed by atoms with Crippen LogP contribution >= 0.6 is 0 Å². The number of ether oxygens (including phenoxy) is 1. The third-order valence-electron chi connectivity index (χ3n) is 4.23. The molecule has 0 radical (unpaired) electrons. The third-order valence-corrected chi connectivity index (χ3v) is 4.23. The summed E-state index contributed by atoms with van der Waals surface area (Å²) < 4.78 is 4.73. The number of carbonyl (C=O) groups is 1. The van der Waals surface area contributed by atoms with Crippen LogP contribution in [0.25, 0.3) is 0 Å². The molecule has 0 bridgehead atoms. The molecule has 1 aliphatic rings. The maximum atomic E-state index is 12.1. The van der Waals surface area contributed by atoms with Gasteiger partial charge in [-0.05, 0) is 24.3 Å². The second-order valence-electron chi connectivity index (χ2n) is 5.47. The molecule has 2 atom stereocenters. The molecule has 2 N–H and O–H groups in total. The summed E-state index contributed by atoms with van der Waals surface area (Å²) in [5, 5.41) is 21.4. The molecule has 110 valence electrons. The molecule has 0 unspecified atom stereocenters. The number of aliphatic hydroxyl groups is 2. The number of benzene rings is 1. The van der Waals surface area contributed by atoms with Gasteiger partial charge in [-0.15, -0.1) is 0 Å². The maximum absolute atomic E-state index is 12.1. The van der Waals surface area contributed by atoms with Crippen LogP contribution in [-0.4, -0.2) is 29.4 Å². The minimum absolute atomic E-state index is 0.0759. The smallest absolute Gasteiger partial charge is 0.345 e. The van der Waals surface area contributed by atoms with Crippen molar-refractivity contribution in [1.82, 2.24) is 0 Å². The molecule has 0 amide bonds. The lowest BCUT2D eigenvalue weighted by atomic mass is 9.75. The van der Waals surface area contributed by atoms with Gasteiger partial charge in [-0.3, -0.25) is 0 Å². The highest BCUT2D eigenvalue weighted by Crippen LogP contribution is 2.36. The molecule has 0 heterocycles. The summed E-state index contributed by atoms with van der Waals surface area (Å²) in [6, 6.07) is 8.55. The highest BCUT2D eigenvalue weighted by atomic mass is 16.5. The van der Waals surface area contributed by atoms with Gasteiger partial charge in [0.2, 0.25) is 5.60 Å². The van der Waals surface area contributed by atoms with E-state index in [2.05, 4.69) is 0 Å². The van der Waals surface area contributed by atoms with Crippen LogP contribution in [0.5, 0.6) is 0 Å². The molecule has 0 saturated heterocycles. The number of aliphatic hydroxyl groups excluding tert-OH is 1. The summed E-state index contributed by atoms with van der Waals surface area (Å²) in [5.74, 6) is -0.880. The third kappa shape index (κ3) is 2.72. The van der Waals surface area contributed by atoms with E-state index in [1.54, 1.807) is 30.3 Å². The number of hydrogen-bond donors (Lipinski definition) is 2. The molecular weight excluding hydrogens is 256 g/mol. The Morgan fingerprint density at radius 1 is 1.25 bits per heavy atom. The van der Waals surface area contributed by atoms with Crippen molar-refractivity contribution in [2.45, 2.75) is 43.8 Å². The lowest BCUT2D eigenvalue weighted by Gasteiger charge is -2.37. The minimum atomic E-state index is -1.99. The van der Waals surface area contributed by atoms with E-state index in [0.29, 0.717) is 5.56 Å². The molecule has 1 aliphatic carbocycles. The van der Waals surface area contributed by atoms with Crippen LogP contribution < -0.4 is 0 Å². The van der Waals surface area contributed by atoms with Gasteiger partial charge in [-0.1, -0.05) is 49.6 Å². The van der Waals surface area contributed by atoms with Crippen molar-refractivity contribution in [3.8, 4) is 0 Å². The van der Waals surface area contributed by atoms with Crippen molar-refractivity contribution in [1.29, 1.82) is 0 Å². The predicted molar refractivity (Wildman–Crippen MR) is 74.9 cm³/mol. The van der Waals surface area contributed by atoms with Crippen molar-refractivity contribution >= 4 is 5.97 Å². The van der Waals surface area contributed by atoms with Gasteiger partial charge in [0.05, 0.1) is 7.11 Å². The SMILES string of the molecule is COC(=O)[C@](O)(c1ccccc1)[C@@H](O)C1CCCCC1. The van der Waals surface area contributed by atoms with Crippen LogP contribution in [-0.2, 0) is 15.1 Å². The lowest BCUT2D eigenvalue weighted by Crippen LogP contribution is -2.51. The lowest BCUT2D eigenvalue weighted by molar-refractivity contribution is -0.184. The second-order valence-corrected chi connectivity index (χ2v) is 5.47. The fraction of sp³-hybridized carbons (Fsp3) is 0.562. The number of carbonyl (C=O) groups excluding carboxylic acids is 1. The fourth-order valence-corrected chi connectivity index (χ4v) is 3.05. The van der Waals surface area contributed by atoms with Gasteiger partial charge in [0, 0.05) is 0 Å². The quantitative estimate of drug-likeness (QED) is 0.827. The van der Waals surface area contributed by atoms with E-state index >= 15 is 0 Å². The number of methoxy groups -OCH3 is 1. The van der Waals surface area contributed by atoms with Crippen molar-refractivity contribution in [3.05, 3.63) is 35.9 Å². The molecule has 1 aromatic carbocycles. The van der Waals surface area contributed by atoms with E-state index in [-0.39, 0.29) is 5.92 Å². The maximum Gasteiger partial charge on any atom is 0.345 e. The average molecular weight is 278 g/mol. The first-order valence-electron chi connectivity index (χ1n) is 7.15. The Labute approximate surface area is 119 Å². The molecule has 4 heteroatoms. The molecular formula is C16H22O4. The van der Waals surface area contributed by atoms with Crippen LogP contribution in [0.4, 0.5) is 0 Å². The van der Waals surface area contributed by atoms with Crippen molar-refractivity contribution < 1.29 is 19.7 Å². The van der Waals surface area contributed by atoms with E-state index in [0.717, 1.165) is 32.1 Å². The van der Waals surface area contributed by atoms with E-state index in [4.69, 9.17) is 4.74 Å².